The van der Waals surface area contributed by atoms with Gasteiger partial charge in [0.05, 0.1) is 37.3 Å². The number of para-hydroxylation sites is 2. The summed E-state index contributed by atoms with van der Waals surface area (Å²) in [5.41, 5.74) is 2.80. The lowest BCUT2D eigenvalue weighted by molar-refractivity contribution is 1.06. The molecule has 0 saturated heterocycles. The van der Waals surface area contributed by atoms with Gasteiger partial charge in [-0.15, -0.1) is 11.3 Å². The largest absolute Gasteiger partial charge is 0.308 e. The number of hydrogen-bond donors (Lipinski definition) is 0. The standard InChI is InChI=1S/C51H32N4S/c1-3-14-33(15-4-1)35-18-13-19-38(30-35)50-52-49(34-16-5-2-6-17-34)53-51(54-50)42-28-26-37(36-27-29-48-43(31-36)41-22-9-12-25-47(41)56-48)32-46(42)55-44-23-10-7-20-39(44)40-21-8-11-24-45(40)55/h1-32H/i7D,8D,9D,10D,11D,12D,20D,21D,22D,23D,24D,25D,27D,29D,31D. The van der Waals surface area contributed by atoms with Crippen LogP contribution in [0.2, 0.25) is 0 Å². The Hall–Kier alpha value is -7.21. The lowest BCUT2D eigenvalue weighted by Gasteiger charge is -2.16. The molecule has 0 aliphatic rings. The third kappa shape index (κ3) is 5.48. The number of nitrogens with zero attached hydrogens (tertiary/aromatic N) is 4. The zero-order valence-electron chi connectivity index (χ0n) is 44.0. The Balaban J connectivity index is 1.30. The fourth-order valence-corrected chi connectivity index (χ4v) is 7.90. The quantitative estimate of drug-likeness (QED) is 0.170. The summed E-state index contributed by atoms with van der Waals surface area (Å²) >= 11 is 0.889. The van der Waals surface area contributed by atoms with Gasteiger partial charge >= 0.3 is 0 Å². The van der Waals surface area contributed by atoms with Gasteiger partial charge in [0.2, 0.25) is 0 Å². The van der Waals surface area contributed by atoms with Gasteiger partial charge in [-0.1, -0.05) is 145 Å². The van der Waals surface area contributed by atoms with Crippen LogP contribution in [0.1, 0.15) is 20.6 Å². The molecule has 0 N–H and O–H groups in total. The van der Waals surface area contributed by atoms with Gasteiger partial charge in [0.1, 0.15) is 0 Å². The van der Waals surface area contributed by atoms with Crippen molar-refractivity contribution in [2.45, 2.75) is 0 Å². The lowest BCUT2D eigenvalue weighted by Crippen LogP contribution is -2.04. The molecule has 0 bridgehead atoms. The minimum Gasteiger partial charge on any atom is -0.308 e. The van der Waals surface area contributed by atoms with Crippen molar-refractivity contribution in [1.29, 1.82) is 0 Å². The zero-order valence-corrected chi connectivity index (χ0v) is 29.8. The molecule has 5 heteroatoms. The summed E-state index contributed by atoms with van der Waals surface area (Å²) < 4.78 is 136. The van der Waals surface area contributed by atoms with Crippen molar-refractivity contribution in [3.63, 3.8) is 0 Å². The van der Waals surface area contributed by atoms with Gasteiger partial charge in [-0.05, 0) is 70.7 Å². The molecule has 0 saturated carbocycles. The first-order valence-electron chi connectivity index (χ1n) is 25.1. The van der Waals surface area contributed by atoms with Crippen LogP contribution in [0.3, 0.4) is 0 Å². The van der Waals surface area contributed by atoms with Crippen LogP contribution in [-0.2, 0) is 0 Å². The van der Waals surface area contributed by atoms with Gasteiger partial charge in [0.25, 0.3) is 0 Å². The van der Waals surface area contributed by atoms with E-state index in [9.17, 15) is 6.85 Å². The molecule has 0 aliphatic carbocycles. The summed E-state index contributed by atoms with van der Waals surface area (Å²) in [5, 5.41) is -0.329. The van der Waals surface area contributed by atoms with Crippen molar-refractivity contribution >= 4 is 53.3 Å². The Morgan fingerprint density at radius 3 is 1.73 bits per heavy atom. The fourth-order valence-electron chi connectivity index (χ4n) is 6.98. The molecule has 0 fully saturated rings. The fraction of sp³-hybridized carbons (Fsp3) is 0. The average molecular weight is 748 g/mol. The van der Waals surface area contributed by atoms with Crippen LogP contribution >= 0.6 is 11.3 Å². The molecule has 3 heterocycles. The maximum Gasteiger partial charge on any atom is 0.166 e. The van der Waals surface area contributed by atoms with E-state index in [0.717, 1.165) is 22.5 Å². The smallest absolute Gasteiger partial charge is 0.166 e. The summed E-state index contributed by atoms with van der Waals surface area (Å²) in [7, 11) is 0. The van der Waals surface area contributed by atoms with E-state index in [2.05, 4.69) is 0 Å². The van der Waals surface area contributed by atoms with Gasteiger partial charge in [-0.3, -0.25) is 0 Å². The first kappa shape index (κ1) is 20.5. The second-order valence-electron chi connectivity index (χ2n) is 12.9. The predicted molar refractivity (Wildman–Crippen MR) is 234 cm³/mol. The minimum atomic E-state index is -0.647. The van der Waals surface area contributed by atoms with Crippen molar-refractivity contribution in [3.8, 4) is 62.1 Å². The normalized spacial score (nSPS) is 15.3. The third-order valence-corrected chi connectivity index (χ3v) is 10.6. The summed E-state index contributed by atoms with van der Waals surface area (Å²) in [6, 6.07) is 23.4. The van der Waals surface area contributed by atoms with Crippen LogP contribution in [0.4, 0.5) is 0 Å². The summed E-state index contributed by atoms with van der Waals surface area (Å²) in [6.07, 6.45) is 0. The van der Waals surface area contributed by atoms with Crippen LogP contribution in [-0.4, -0.2) is 19.5 Å². The summed E-state index contributed by atoms with van der Waals surface area (Å²) in [5.74, 6) is 0.524. The molecule has 11 rings (SSSR count). The summed E-state index contributed by atoms with van der Waals surface area (Å²) in [6.45, 7) is 0. The second kappa shape index (κ2) is 13.3. The second-order valence-corrected chi connectivity index (χ2v) is 13.9. The van der Waals surface area contributed by atoms with Crippen LogP contribution in [0.5, 0.6) is 0 Å². The number of benzene rings is 8. The summed E-state index contributed by atoms with van der Waals surface area (Å²) in [4.78, 5) is 15.0. The van der Waals surface area contributed by atoms with E-state index in [1.807, 2.05) is 84.9 Å². The van der Waals surface area contributed by atoms with Gasteiger partial charge in [0, 0.05) is 47.6 Å². The zero-order chi connectivity index (χ0) is 50.1. The Kier molecular flexibility index (Phi) is 4.85. The Morgan fingerprint density at radius 2 is 0.982 bits per heavy atom. The van der Waals surface area contributed by atoms with Gasteiger partial charge in [-0.2, -0.15) is 0 Å². The molecule has 262 valence electrons. The van der Waals surface area contributed by atoms with Gasteiger partial charge in [0.15, 0.2) is 17.5 Å². The Bertz CT molecular complexity index is 4050. The van der Waals surface area contributed by atoms with Gasteiger partial charge < -0.3 is 4.57 Å². The van der Waals surface area contributed by atoms with E-state index in [4.69, 9.17) is 28.7 Å². The van der Waals surface area contributed by atoms with E-state index >= 15 is 0 Å². The number of aromatic nitrogens is 4. The van der Waals surface area contributed by atoms with Crippen molar-refractivity contribution < 1.29 is 20.6 Å². The van der Waals surface area contributed by atoms with E-state index in [-0.39, 0.29) is 100.0 Å². The lowest BCUT2D eigenvalue weighted by atomic mass is 9.99. The monoisotopic (exact) mass is 747 g/mol. The molecule has 56 heavy (non-hydrogen) atoms. The predicted octanol–water partition coefficient (Wildman–Crippen LogP) is 13.7. The molecule has 0 atom stereocenters. The highest BCUT2D eigenvalue weighted by Gasteiger charge is 2.21. The van der Waals surface area contributed by atoms with E-state index in [0.29, 0.717) is 11.1 Å². The van der Waals surface area contributed by atoms with Crippen molar-refractivity contribution in [2.24, 2.45) is 0 Å². The first-order chi connectivity index (χ1) is 34.0. The number of thiophene rings is 1. The molecule has 0 spiro atoms. The molecule has 0 amide bonds. The average Bonchev–Trinajstić information content (AvgIpc) is 3.98. The van der Waals surface area contributed by atoms with Crippen molar-refractivity contribution in [1.82, 2.24) is 19.5 Å². The van der Waals surface area contributed by atoms with Crippen molar-refractivity contribution in [2.75, 3.05) is 0 Å². The van der Waals surface area contributed by atoms with Crippen molar-refractivity contribution in [3.05, 3.63) is 194 Å². The van der Waals surface area contributed by atoms with Crippen LogP contribution in [0.25, 0.3) is 104 Å². The molecular weight excluding hydrogens is 701 g/mol. The SMILES string of the molecule is [2H]c1c([2H])c([2H])c2c(sc3c([2H])c([2H])c(-c4ccc(-c5nc(-c6ccccc6)nc(-c6cccc(-c7ccccc7)c6)n5)c(-n5c6c([2H])c([2H])c([2H])c([2H])c6c6c([2H])c([2H])c([2H])c([2H])c65)c4)c([2H])c32)c1[2H]. The van der Waals surface area contributed by atoms with E-state index < -0.39 is 72.5 Å². The molecule has 3 aromatic heterocycles. The van der Waals surface area contributed by atoms with Crippen LogP contribution < -0.4 is 0 Å². The molecule has 8 aromatic carbocycles. The van der Waals surface area contributed by atoms with E-state index in [1.165, 1.54) is 10.6 Å². The highest BCUT2D eigenvalue weighted by atomic mass is 32.1. The minimum absolute atomic E-state index is 0.00859. The maximum atomic E-state index is 9.69. The maximum absolute atomic E-state index is 9.69. The van der Waals surface area contributed by atoms with E-state index in [1.54, 1.807) is 12.1 Å². The number of hydrogen-bond acceptors (Lipinski definition) is 4. The Labute approximate surface area is 348 Å². The molecule has 0 radical (unpaired) electrons. The third-order valence-electron chi connectivity index (χ3n) is 9.58. The highest BCUT2D eigenvalue weighted by molar-refractivity contribution is 7.25. The highest BCUT2D eigenvalue weighted by Crippen LogP contribution is 2.40. The molecule has 4 nitrogen and oxygen atoms in total. The molecule has 0 aliphatic heterocycles. The van der Waals surface area contributed by atoms with Crippen LogP contribution in [0.15, 0.2) is 194 Å². The number of fused-ring (bicyclic) bond motifs is 6. The molecule has 11 aromatic rings. The molecular formula is C51H32N4S. The first-order valence-corrected chi connectivity index (χ1v) is 18.4. The molecule has 0 unspecified atom stereocenters. The van der Waals surface area contributed by atoms with Crippen LogP contribution in [0, 0.1) is 0 Å². The topological polar surface area (TPSA) is 43.6 Å². The van der Waals surface area contributed by atoms with Gasteiger partial charge in [-0.25, -0.2) is 15.0 Å². The number of rotatable bonds is 6. The Morgan fingerprint density at radius 1 is 0.411 bits per heavy atom.